The average Bonchev–Trinajstić information content (AvgIpc) is 2.48. The highest BCUT2D eigenvalue weighted by atomic mass is 35.5. The molecule has 3 rings (SSSR count). The van der Waals surface area contributed by atoms with E-state index in [1.165, 1.54) is 38.5 Å². The van der Waals surface area contributed by atoms with Gasteiger partial charge >= 0.3 is 0 Å². The van der Waals surface area contributed by atoms with Crippen LogP contribution in [0.1, 0.15) is 83.5 Å². The number of carbonyl (C=O) groups is 1. The minimum atomic E-state index is -0.254. The van der Waals surface area contributed by atoms with Crippen molar-refractivity contribution in [1.29, 1.82) is 0 Å². The molecule has 0 amide bonds. The van der Waals surface area contributed by atoms with E-state index in [2.05, 4.69) is 0 Å². The molecule has 0 N–H and O–H groups in total. The summed E-state index contributed by atoms with van der Waals surface area (Å²) in [6.07, 6.45) is 14.5. The number of hydrogen-bond acceptors (Lipinski definition) is 1. The predicted octanol–water partition coefficient (Wildman–Crippen LogP) is 5.86. The molecule has 3 heteroatoms. The van der Waals surface area contributed by atoms with Crippen LogP contribution < -0.4 is 0 Å². The Morgan fingerprint density at radius 2 is 1.05 bits per heavy atom. The van der Waals surface area contributed by atoms with Gasteiger partial charge in [-0.15, -0.1) is 23.2 Å². The second-order valence-electron chi connectivity index (χ2n) is 7.63. The van der Waals surface area contributed by atoms with E-state index in [0.717, 1.165) is 44.9 Å². The molecule has 0 spiro atoms. The molecule has 3 saturated carbocycles. The molecule has 3 fully saturated rings. The molecule has 0 aromatic heterocycles. The van der Waals surface area contributed by atoms with Gasteiger partial charge < -0.3 is 0 Å². The third kappa shape index (κ3) is 3.15. The van der Waals surface area contributed by atoms with Crippen LogP contribution in [0, 0.1) is 11.8 Å². The molecule has 0 radical (unpaired) electrons. The summed E-state index contributed by atoms with van der Waals surface area (Å²) in [5.41, 5.74) is 0. The summed E-state index contributed by atoms with van der Waals surface area (Å²) in [5, 5.41) is 0. The Labute approximate surface area is 139 Å². The first-order valence-corrected chi connectivity index (χ1v) is 9.72. The van der Waals surface area contributed by atoms with Gasteiger partial charge in [0.25, 0.3) is 0 Å². The highest BCUT2D eigenvalue weighted by Gasteiger charge is 2.51. The van der Waals surface area contributed by atoms with Gasteiger partial charge in [-0.05, 0) is 38.5 Å². The predicted molar refractivity (Wildman–Crippen MR) is 89.2 cm³/mol. The fourth-order valence-electron chi connectivity index (χ4n) is 5.06. The van der Waals surface area contributed by atoms with Gasteiger partial charge in [0, 0.05) is 11.8 Å². The van der Waals surface area contributed by atoms with Gasteiger partial charge in [-0.3, -0.25) is 4.79 Å². The van der Waals surface area contributed by atoms with Crippen LogP contribution in [0.3, 0.4) is 0 Å². The summed E-state index contributed by atoms with van der Waals surface area (Å²) in [4.78, 5) is 12.7. The molecular weight excluding hydrogens is 303 g/mol. The topological polar surface area (TPSA) is 17.1 Å². The number of Topliss-reactive ketones (excluding diaryl/α,β-unsaturated/α-hetero) is 1. The lowest BCUT2D eigenvalue weighted by Gasteiger charge is -2.46. The maximum absolute atomic E-state index is 13.2. The standard InChI is InChI=1S/C18H28Cl2O/c19-17(10-3-1-4-11-17)14-8-7-9-15(16(14)21)18(20)12-5-2-6-13-18/h14-15H,1-13H2/t14-,15-/m0/s1. The number of halogens is 2. The van der Waals surface area contributed by atoms with E-state index < -0.39 is 0 Å². The van der Waals surface area contributed by atoms with Crippen molar-refractivity contribution in [2.45, 2.75) is 93.2 Å². The third-order valence-electron chi connectivity index (χ3n) is 6.29. The van der Waals surface area contributed by atoms with Crippen LogP contribution in [0.5, 0.6) is 0 Å². The van der Waals surface area contributed by atoms with Gasteiger partial charge in [-0.25, -0.2) is 0 Å². The molecule has 0 heterocycles. The van der Waals surface area contributed by atoms with E-state index in [1.54, 1.807) is 0 Å². The molecule has 0 saturated heterocycles. The van der Waals surface area contributed by atoms with Gasteiger partial charge in [0.05, 0.1) is 9.75 Å². The van der Waals surface area contributed by atoms with Crippen molar-refractivity contribution in [3.63, 3.8) is 0 Å². The van der Waals surface area contributed by atoms with Gasteiger partial charge in [0.2, 0.25) is 0 Å². The highest BCUT2D eigenvalue weighted by molar-refractivity contribution is 6.27. The second kappa shape index (κ2) is 6.40. The molecule has 3 aliphatic carbocycles. The van der Waals surface area contributed by atoms with Crippen molar-refractivity contribution in [3.8, 4) is 0 Å². The van der Waals surface area contributed by atoms with Crippen molar-refractivity contribution in [2.75, 3.05) is 0 Å². The van der Waals surface area contributed by atoms with Crippen LogP contribution in [0.2, 0.25) is 0 Å². The number of hydrogen-bond donors (Lipinski definition) is 0. The van der Waals surface area contributed by atoms with Crippen molar-refractivity contribution in [3.05, 3.63) is 0 Å². The number of alkyl halides is 2. The van der Waals surface area contributed by atoms with Gasteiger partial charge in [-0.2, -0.15) is 0 Å². The molecule has 3 aliphatic rings. The molecule has 0 bridgehead atoms. The summed E-state index contributed by atoms with van der Waals surface area (Å²) < 4.78 is 0. The van der Waals surface area contributed by atoms with Crippen molar-refractivity contribution in [1.82, 2.24) is 0 Å². The van der Waals surface area contributed by atoms with E-state index >= 15 is 0 Å². The van der Waals surface area contributed by atoms with Crippen molar-refractivity contribution in [2.24, 2.45) is 11.8 Å². The van der Waals surface area contributed by atoms with Crippen LogP contribution in [-0.4, -0.2) is 15.5 Å². The molecule has 2 atom stereocenters. The van der Waals surface area contributed by atoms with E-state index in [1.807, 2.05) is 0 Å². The first-order valence-electron chi connectivity index (χ1n) is 8.97. The van der Waals surface area contributed by atoms with Gasteiger partial charge in [0.1, 0.15) is 5.78 Å². The number of ketones is 1. The Hall–Kier alpha value is 0.250. The lowest BCUT2D eigenvalue weighted by Crippen LogP contribution is -2.50. The zero-order chi connectivity index (χ0) is 14.9. The van der Waals surface area contributed by atoms with Crippen LogP contribution in [0.15, 0.2) is 0 Å². The molecule has 1 nitrogen and oxygen atoms in total. The fraction of sp³-hybridized carbons (Fsp3) is 0.944. The Balaban J connectivity index is 1.77. The normalized spacial score (nSPS) is 36.4. The second-order valence-corrected chi connectivity index (χ2v) is 9.13. The lowest BCUT2D eigenvalue weighted by molar-refractivity contribution is -0.132. The summed E-state index contributed by atoms with van der Waals surface area (Å²) in [6.45, 7) is 0. The first kappa shape index (κ1) is 16.1. The molecule has 0 aliphatic heterocycles. The Morgan fingerprint density at radius 1 is 0.667 bits per heavy atom. The van der Waals surface area contributed by atoms with Crippen LogP contribution >= 0.6 is 23.2 Å². The van der Waals surface area contributed by atoms with Crippen LogP contribution in [0.25, 0.3) is 0 Å². The van der Waals surface area contributed by atoms with E-state index in [4.69, 9.17) is 23.2 Å². The molecule has 120 valence electrons. The summed E-state index contributed by atoms with van der Waals surface area (Å²) >= 11 is 13.9. The molecular formula is C18H28Cl2O. The van der Waals surface area contributed by atoms with E-state index in [0.29, 0.717) is 5.78 Å². The largest absolute Gasteiger partial charge is 0.299 e. The third-order valence-corrected chi connectivity index (χ3v) is 7.57. The lowest BCUT2D eigenvalue weighted by atomic mass is 9.64. The Morgan fingerprint density at radius 3 is 1.43 bits per heavy atom. The summed E-state index contributed by atoms with van der Waals surface area (Å²) in [7, 11) is 0. The molecule has 21 heavy (non-hydrogen) atoms. The molecule has 0 unspecified atom stereocenters. The Bertz CT molecular complexity index is 347. The summed E-state index contributed by atoms with van der Waals surface area (Å²) in [5.74, 6) is 0.543. The van der Waals surface area contributed by atoms with Crippen molar-refractivity contribution < 1.29 is 4.79 Å². The molecule has 0 aromatic carbocycles. The maximum Gasteiger partial charge on any atom is 0.142 e. The average molecular weight is 331 g/mol. The van der Waals surface area contributed by atoms with Crippen LogP contribution in [0.4, 0.5) is 0 Å². The minimum absolute atomic E-state index is 0.0655. The summed E-state index contributed by atoms with van der Waals surface area (Å²) in [6, 6.07) is 0. The van der Waals surface area contributed by atoms with Gasteiger partial charge in [0.15, 0.2) is 0 Å². The minimum Gasteiger partial charge on any atom is -0.299 e. The number of carbonyl (C=O) groups excluding carboxylic acids is 1. The number of rotatable bonds is 2. The van der Waals surface area contributed by atoms with E-state index in [9.17, 15) is 4.79 Å². The quantitative estimate of drug-likeness (QED) is 0.580. The zero-order valence-corrected chi connectivity index (χ0v) is 14.5. The SMILES string of the molecule is O=C1[C@@H](C2(Cl)CCCCC2)CCC[C@@H]1C1(Cl)CCCCC1. The monoisotopic (exact) mass is 330 g/mol. The maximum atomic E-state index is 13.2. The Kier molecular flexibility index (Phi) is 4.91. The zero-order valence-electron chi connectivity index (χ0n) is 13.0. The van der Waals surface area contributed by atoms with E-state index in [-0.39, 0.29) is 21.6 Å². The van der Waals surface area contributed by atoms with Crippen LogP contribution in [-0.2, 0) is 4.79 Å². The molecule has 0 aromatic rings. The first-order chi connectivity index (χ1) is 10.1. The fourth-order valence-corrected chi connectivity index (χ4v) is 6.02. The highest BCUT2D eigenvalue weighted by Crippen LogP contribution is 2.51. The smallest absolute Gasteiger partial charge is 0.142 e. The van der Waals surface area contributed by atoms with Gasteiger partial charge in [-0.1, -0.05) is 44.9 Å². The van der Waals surface area contributed by atoms with Crippen molar-refractivity contribution >= 4 is 29.0 Å².